The van der Waals surface area contributed by atoms with E-state index in [0.717, 1.165) is 54.3 Å². The summed E-state index contributed by atoms with van der Waals surface area (Å²) in [5.74, 6) is 1.85. The molecule has 0 aromatic carbocycles. The highest BCUT2D eigenvalue weighted by Gasteiger charge is 2.33. The van der Waals surface area contributed by atoms with Crippen LogP contribution in [-0.4, -0.2) is 42.1 Å². The Morgan fingerprint density at radius 2 is 2.00 bits per heavy atom. The maximum absolute atomic E-state index is 6.29. The molecule has 0 saturated carbocycles. The molecule has 1 aliphatic heterocycles. The molecule has 0 aromatic heterocycles. The fraction of sp³-hybridized carbons (Fsp3) is 0.500. The van der Waals surface area contributed by atoms with Crippen LogP contribution in [0.5, 0.6) is 0 Å². The minimum atomic E-state index is -0.00677. The van der Waals surface area contributed by atoms with Gasteiger partial charge in [-0.05, 0) is 39.1 Å². The van der Waals surface area contributed by atoms with Crippen molar-refractivity contribution in [1.29, 1.82) is 0 Å². The number of rotatable bonds is 4. The number of hydrogen-bond donors (Lipinski definition) is 0. The van der Waals surface area contributed by atoms with E-state index in [1.165, 1.54) is 0 Å². The molecule has 2 aliphatic carbocycles. The first kappa shape index (κ1) is 16.9. The van der Waals surface area contributed by atoms with Crippen LogP contribution in [0, 0.1) is 0 Å². The zero-order chi connectivity index (χ0) is 17.3. The van der Waals surface area contributed by atoms with Gasteiger partial charge in [-0.2, -0.15) is 0 Å². The van der Waals surface area contributed by atoms with Gasteiger partial charge in [-0.3, -0.25) is 4.90 Å². The number of likely N-dealkylation sites (N-methyl/N-ethyl adjacent to an activating group) is 1. The molecule has 0 aromatic rings. The molecule has 0 N–H and O–H groups in total. The zero-order valence-corrected chi connectivity index (χ0v) is 15.5. The van der Waals surface area contributed by atoms with Crippen LogP contribution in [0.25, 0.3) is 17.5 Å². The molecule has 3 aliphatic rings. The van der Waals surface area contributed by atoms with Gasteiger partial charge in [0.05, 0.1) is 6.07 Å². The van der Waals surface area contributed by atoms with Crippen molar-refractivity contribution in [2.24, 2.45) is 0 Å². The fourth-order valence-electron chi connectivity index (χ4n) is 3.54. The third-order valence-electron chi connectivity index (χ3n) is 5.22. The average Bonchev–Trinajstić information content (AvgIpc) is 2.59. The summed E-state index contributed by atoms with van der Waals surface area (Å²) in [4.78, 5) is 7.27. The molecule has 0 fully saturated rings. The van der Waals surface area contributed by atoms with E-state index in [2.05, 4.69) is 68.5 Å². The minimum absolute atomic E-state index is 0.00677. The Labute approximate surface area is 144 Å². The van der Waals surface area contributed by atoms with E-state index in [1.54, 1.807) is 0 Å². The van der Waals surface area contributed by atoms with Gasteiger partial charge >= 0.3 is 0 Å². The molecular weight excluding hydrogens is 298 g/mol. The van der Waals surface area contributed by atoms with Crippen LogP contribution < -0.4 is 9.93 Å². The van der Waals surface area contributed by atoms with Crippen molar-refractivity contribution in [3.05, 3.63) is 41.1 Å². The first-order chi connectivity index (χ1) is 11.5. The van der Waals surface area contributed by atoms with Crippen molar-refractivity contribution in [2.45, 2.75) is 39.7 Å². The molecule has 1 heterocycles. The predicted octanol–water partition coefficient (Wildman–Crippen LogP) is 2.87. The van der Waals surface area contributed by atoms with Gasteiger partial charge in [-0.1, -0.05) is 19.9 Å². The smallest absolute Gasteiger partial charge is 0.203 e. The maximum Gasteiger partial charge on any atom is 0.203 e. The molecule has 0 bridgehead atoms. The number of benzene rings is 1. The van der Waals surface area contributed by atoms with Gasteiger partial charge in [0.15, 0.2) is 5.76 Å². The minimum Gasteiger partial charge on any atom is -0.457 e. The molecule has 24 heavy (non-hydrogen) atoms. The summed E-state index contributed by atoms with van der Waals surface area (Å²) >= 11 is 0. The Kier molecular flexibility index (Phi) is 4.59. The molecule has 0 radical (unpaired) electrons. The van der Waals surface area contributed by atoms with E-state index >= 15 is 0 Å². The fourth-order valence-corrected chi connectivity index (χ4v) is 3.54. The van der Waals surface area contributed by atoms with Gasteiger partial charge in [0.2, 0.25) is 5.36 Å². The number of fused-ring (bicyclic) bond motifs is 2. The molecule has 4 nitrogen and oxygen atoms in total. The van der Waals surface area contributed by atoms with Crippen molar-refractivity contribution in [3.8, 4) is 11.5 Å². The molecule has 1 unspecified atom stereocenters. The molecule has 0 saturated heterocycles. The van der Waals surface area contributed by atoms with E-state index < -0.39 is 0 Å². The Balaban J connectivity index is 2.09. The molecular formula is C20H28N3O+. The maximum atomic E-state index is 6.29. The molecule has 0 amide bonds. The van der Waals surface area contributed by atoms with Crippen molar-refractivity contribution < 1.29 is 4.42 Å². The van der Waals surface area contributed by atoms with E-state index in [1.807, 2.05) is 6.07 Å². The predicted molar refractivity (Wildman–Crippen MR) is 98.9 cm³/mol. The van der Waals surface area contributed by atoms with Crippen molar-refractivity contribution in [1.82, 2.24) is 14.5 Å². The SMILES string of the molecule is CCN(CC)C1(C)C=Cc2nc3ccc(=[N+](C)CC)cc-3oc2C1. The second kappa shape index (κ2) is 6.52. The number of aromatic nitrogens is 1. The normalized spacial score (nSPS) is 21.2. The van der Waals surface area contributed by atoms with Crippen LogP contribution in [0.2, 0.25) is 0 Å². The van der Waals surface area contributed by atoms with Gasteiger partial charge in [0.1, 0.15) is 30.7 Å². The van der Waals surface area contributed by atoms with Gasteiger partial charge in [-0.15, -0.1) is 0 Å². The standard InChI is InChI=1S/C20H28N3O/c1-6-22(5)15-9-10-16-18(13-15)24-19-14-20(4,23(7-2)8-3)12-11-17(19)21-16/h9-13H,6-8,14H2,1-5H3/q+1. The van der Waals surface area contributed by atoms with Gasteiger partial charge in [0, 0.05) is 18.0 Å². The monoisotopic (exact) mass is 326 g/mol. The summed E-state index contributed by atoms with van der Waals surface area (Å²) < 4.78 is 8.49. The lowest BCUT2D eigenvalue weighted by Crippen LogP contribution is -2.47. The Morgan fingerprint density at radius 3 is 2.67 bits per heavy atom. The van der Waals surface area contributed by atoms with Crippen LogP contribution in [0.4, 0.5) is 0 Å². The van der Waals surface area contributed by atoms with Crippen LogP contribution in [0.1, 0.15) is 39.1 Å². The third kappa shape index (κ3) is 2.91. The van der Waals surface area contributed by atoms with Crippen LogP contribution in [0.15, 0.2) is 28.7 Å². The molecule has 128 valence electrons. The number of nitrogens with zero attached hydrogens (tertiary/aromatic N) is 3. The third-order valence-corrected chi connectivity index (χ3v) is 5.22. The van der Waals surface area contributed by atoms with Gasteiger partial charge < -0.3 is 4.42 Å². The lowest BCUT2D eigenvalue weighted by molar-refractivity contribution is 0.153. The summed E-state index contributed by atoms with van der Waals surface area (Å²) in [5, 5.41) is 1.16. The highest BCUT2D eigenvalue weighted by atomic mass is 16.3. The van der Waals surface area contributed by atoms with Crippen molar-refractivity contribution >= 4 is 6.08 Å². The quantitative estimate of drug-likeness (QED) is 0.810. The summed E-state index contributed by atoms with van der Waals surface area (Å²) in [5.41, 5.74) is 1.87. The second-order valence-electron chi connectivity index (χ2n) is 6.73. The van der Waals surface area contributed by atoms with Crippen LogP contribution in [0.3, 0.4) is 0 Å². The molecule has 0 spiro atoms. The van der Waals surface area contributed by atoms with Crippen LogP contribution in [-0.2, 0) is 6.42 Å². The summed E-state index contributed by atoms with van der Waals surface area (Å²) in [6.45, 7) is 11.9. The highest BCUT2D eigenvalue weighted by Crippen LogP contribution is 2.32. The first-order valence-electron chi connectivity index (χ1n) is 8.93. The van der Waals surface area contributed by atoms with E-state index in [0.29, 0.717) is 0 Å². The first-order valence-corrected chi connectivity index (χ1v) is 8.93. The topological polar surface area (TPSA) is 32.3 Å². The van der Waals surface area contributed by atoms with E-state index in [4.69, 9.17) is 9.40 Å². The Morgan fingerprint density at radius 1 is 1.25 bits per heavy atom. The van der Waals surface area contributed by atoms with Crippen molar-refractivity contribution in [2.75, 3.05) is 26.7 Å². The van der Waals surface area contributed by atoms with E-state index in [9.17, 15) is 0 Å². The second-order valence-corrected chi connectivity index (χ2v) is 6.73. The van der Waals surface area contributed by atoms with Crippen LogP contribution >= 0.6 is 0 Å². The molecule has 1 atom stereocenters. The Hall–Kier alpha value is -1.94. The molecule has 3 rings (SSSR count). The van der Waals surface area contributed by atoms with Gasteiger partial charge in [0.25, 0.3) is 0 Å². The largest absolute Gasteiger partial charge is 0.457 e. The highest BCUT2D eigenvalue weighted by molar-refractivity contribution is 5.60. The average molecular weight is 326 g/mol. The zero-order valence-electron chi connectivity index (χ0n) is 15.5. The number of hydrogen-bond acceptors (Lipinski definition) is 3. The lowest BCUT2D eigenvalue weighted by Gasteiger charge is -2.39. The Bertz CT molecular complexity index is 801. The lowest BCUT2D eigenvalue weighted by atomic mass is 9.88. The van der Waals surface area contributed by atoms with Gasteiger partial charge in [-0.25, -0.2) is 9.56 Å². The molecule has 4 heteroatoms. The van der Waals surface area contributed by atoms with Crippen molar-refractivity contribution in [3.63, 3.8) is 0 Å². The summed E-state index contributed by atoms with van der Waals surface area (Å²) in [6, 6.07) is 6.25. The van der Waals surface area contributed by atoms with E-state index in [-0.39, 0.29) is 5.54 Å². The summed E-state index contributed by atoms with van der Waals surface area (Å²) in [6.07, 6.45) is 5.25. The summed E-state index contributed by atoms with van der Waals surface area (Å²) in [7, 11) is 2.09.